The zero-order chi connectivity index (χ0) is 9.14. The van der Waals surface area contributed by atoms with E-state index in [2.05, 4.69) is 0 Å². The molecule has 0 aromatic carbocycles. The summed E-state index contributed by atoms with van der Waals surface area (Å²) < 4.78 is -0.0996. The van der Waals surface area contributed by atoms with Crippen molar-refractivity contribution in [2.75, 3.05) is 0 Å². The van der Waals surface area contributed by atoms with Gasteiger partial charge < -0.3 is 0 Å². The van der Waals surface area contributed by atoms with Gasteiger partial charge in [-0.25, -0.2) is 0 Å². The van der Waals surface area contributed by atoms with Crippen LogP contribution in [0.15, 0.2) is 22.0 Å². The number of thiophene rings is 1. The number of carbonyl (C=O) groups excluding carboxylic acids is 1. The number of carbonyl (C=O) groups is 1. The summed E-state index contributed by atoms with van der Waals surface area (Å²) in [5.74, 6) is 0. The van der Waals surface area contributed by atoms with Crippen molar-refractivity contribution in [2.24, 2.45) is 0 Å². The number of allylic oxidation sites excluding steroid dienone is 1. The molecule has 12 heavy (non-hydrogen) atoms. The Bertz CT molecular complexity index is 311. The van der Waals surface area contributed by atoms with Crippen LogP contribution in [0, 0.1) is 0 Å². The number of hydrogen-bond donors (Lipinski definition) is 0. The lowest BCUT2D eigenvalue weighted by atomic mass is 10.3. The molecule has 1 aromatic heterocycles. The molecule has 0 amide bonds. The summed E-state index contributed by atoms with van der Waals surface area (Å²) >= 11 is 17.6. The van der Waals surface area contributed by atoms with Crippen molar-refractivity contribution >= 4 is 57.0 Å². The Labute approximate surface area is 88.5 Å². The van der Waals surface area contributed by atoms with Gasteiger partial charge in [-0.15, -0.1) is 11.3 Å². The van der Waals surface area contributed by atoms with Crippen molar-refractivity contribution in [3.05, 3.63) is 26.9 Å². The molecule has 0 N–H and O–H groups in total. The summed E-state index contributed by atoms with van der Waals surface area (Å²) in [5, 5.41) is 1.17. The van der Waals surface area contributed by atoms with Gasteiger partial charge in [-0.3, -0.25) is 4.79 Å². The molecule has 1 nitrogen and oxygen atoms in total. The first-order valence-corrected chi connectivity index (χ1v) is 4.93. The van der Waals surface area contributed by atoms with Crippen LogP contribution in [-0.4, -0.2) is 5.24 Å². The Kier molecular flexibility index (Phi) is 3.59. The van der Waals surface area contributed by atoms with Gasteiger partial charge in [-0.1, -0.05) is 29.3 Å². The van der Waals surface area contributed by atoms with E-state index in [9.17, 15) is 4.79 Å². The molecule has 0 fully saturated rings. The average Bonchev–Trinajstić information content (AvgIpc) is 2.37. The first-order valence-electron chi connectivity index (χ1n) is 2.92. The predicted octanol–water partition coefficient (Wildman–Crippen LogP) is 3.66. The van der Waals surface area contributed by atoms with E-state index in [-0.39, 0.29) is 10.1 Å². The molecule has 0 aliphatic rings. The van der Waals surface area contributed by atoms with Crippen LogP contribution in [0.2, 0.25) is 0 Å². The van der Waals surface area contributed by atoms with Crippen LogP contribution in [0.5, 0.6) is 0 Å². The van der Waals surface area contributed by atoms with Gasteiger partial charge in [-0.2, -0.15) is 0 Å². The highest BCUT2D eigenvalue weighted by Crippen LogP contribution is 2.29. The zero-order valence-corrected chi connectivity index (χ0v) is 8.77. The summed E-state index contributed by atoms with van der Waals surface area (Å²) in [6.07, 6.45) is 0. The molecule has 0 saturated heterocycles. The topological polar surface area (TPSA) is 17.1 Å². The molecule has 0 saturated carbocycles. The second kappa shape index (κ2) is 4.28. The van der Waals surface area contributed by atoms with Crippen LogP contribution in [-0.2, 0) is 4.79 Å². The largest absolute Gasteiger partial charge is 0.275 e. The highest BCUT2D eigenvalue weighted by molar-refractivity contribution is 7.12. The van der Waals surface area contributed by atoms with Crippen LogP contribution in [0.25, 0.3) is 5.57 Å². The molecule has 0 aliphatic heterocycles. The molecular formula is C7H3Cl3OS. The molecule has 0 unspecified atom stereocenters. The minimum Gasteiger partial charge on any atom is -0.275 e. The molecule has 1 rings (SSSR count). The van der Waals surface area contributed by atoms with Gasteiger partial charge in [0.2, 0.25) is 0 Å². The summed E-state index contributed by atoms with van der Waals surface area (Å²) in [7, 11) is 0. The monoisotopic (exact) mass is 240 g/mol. The minimum atomic E-state index is -0.641. The maximum atomic E-state index is 10.8. The lowest BCUT2D eigenvalue weighted by Gasteiger charge is -1.96. The smallest absolute Gasteiger partial charge is 0.256 e. The average molecular weight is 242 g/mol. The van der Waals surface area contributed by atoms with Crippen molar-refractivity contribution in [2.45, 2.75) is 0 Å². The zero-order valence-electron chi connectivity index (χ0n) is 5.68. The van der Waals surface area contributed by atoms with E-state index in [1.165, 1.54) is 11.3 Å². The van der Waals surface area contributed by atoms with E-state index in [4.69, 9.17) is 34.8 Å². The van der Waals surface area contributed by atoms with Crippen molar-refractivity contribution < 1.29 is 4.79 Å². The SMILES string of the molecule is O=C(Cl)C(=C(Cl)Cl)c1cccs1. The fourth-order valence-electron chi connectivity index (χ4n) is 0.685. The molecule has 1 aromatic rings. The van der Waals surface area contributed by atoms with E-state index in [0.29, 0.717) is 4.88 Å². The minimum absolute atomic E-state index is 0.0996. The van der Waals surface area contributed by atoms with Crippen LogP contribution < -0.4 is 0 Å². The molecule has 0 radical (unpaired) electrons. The lowest BCUT2D eigenvalue weighted by molar-refractivity contribution is -0.106. The van der Waals surface area contributed by atoms with Gasteiger partial charge in [0.05, 0.1) is 5.57 Å². The van der Waals surface area contributed by atoms with Gasteiger partial charge >= 0.3 is 0 Å². The molecule has 0 bridgehead atoms. The Morgan fingerprint density at radius 2 is 2.00 bits per heavy atom. The number of rotatable bonds is 2. The van der Waals surface area contributed by atoms with E-state index < -0.39 is 5.24 Å². The molecule has 1 heterocycles. The third-order valence-corrected chi connectivity index (χ3v) is 2.61. The van der Waals surface area contributed by atoms with Crippen molar-refractivity contribution in [3.8, 4) is 0 Å². The summed E-state index contributed by atoms with van der Waals surface area (Å²) in [5.41, 5.74) is 0.162. The predicted molar refractivity (Wildman–Crippen MR) is 53.8 cm³/mol. The molecular weight excluding hydrogens is 239 g/mol. The molecule has 64 valence electrons. The second-order valence-electron chi connectivity index (χ2n) is 1.89. The highest BCUT2D eigenvalue weighted by Gasteiger charge is 2.13. The number of halogens is 3. The third-order valence-electron chi connectivity index (χ3n) is 1.15. The molecule has 0 atom stereocenters. The summed E-state index contributed by atoms with van der Waals surface area (Å²) in [6.45, 7) is 0. The van der Waals surface area contributed by atoms with Crippen molar-refractivity contribution in [1.29, 1.82) is 0 Å². The Morgan fingerprint density at radius 1 is 1.33 bits per heavy atom. The van der Waals surface area contributed by atoms with Crippen molar-refractivity contribution in [3.63, 3.8) is 0 Å². The molecule has 0 aliphatic carbocycles. The Hall–Kier alpha value is -0.0200. The number of hydrogen-bond acceptors (Lipinski definition) is 2. The van der Waals surface area contributed by atoms with Gasteiger partial charge in [0.25, 0.3) is 5.24 Å². The Balaban J connectivity index is 3.15. The first kappa shape index (κ1) is 10.1. The summed E-state index contributed by atoms with van der Waals surface area (Å²) in [4.78, 5) is 11.5. The maximum absolute atomic E-state index is 10.8. The quantitative estimate of drug-likeness (QED) is 0.570. The fraction of sp³-hybridized carbons (Fsp3) is 0. The van der Waals surface area contributed by atoms with Gasteiger partial charge in [0, 0.05) is 4.88 Å². The summed E-state index contributed by atoms with van der Waals surface area (Å²) in [6, 6.07) is 3.52. The normalized spacial score (nSPS) is 9.58. The third kappa shape index (κ3) is 2.23. The van der Waals surface area contributed by atoms with Crippen molar-refractivity contribution in [1.82, 2.24) is 0 Å². The van der Waals surface area contributed by atoms with E-state index in [1.807, 2.05) is 5.38 Å². The van der Waals surface area contributed by atoms with Gasteiger partial charge in [0.1, 0.15) is 4.49 Å². The van der Waals surface area contributed by atoms with E-state index >= 15 is 0 Å². The molecule has 5 heteroatoms. The first-order chi connectivity index (χ1) is 5.63. The second-order valence-corrected chi connectivity index (χ2v) is 4.13. The van der Waals surface area contributed by atoms with Gasteiger partial charge in [-0.05, 0) is 23.0 Å². The Morgan fingerprint density at radius 3 is 2.33 bits per heavy atom. The highest BCUT2D eigenvalue weighted by atomic mass is 35.5. The van der Waals surface area contributed by atoms with Gasteiger partial charge in [0.15, 0.2) is 0 Å². The van der Waals surface area contributed by atoms with E-state index in [0.717, 1.165) is 0 Å². The fourth-order valence-corrected chi connectivity index (χ4v) is 2.29. The standard InChI is InChI=1S/C7H3Cl3OS/c8-6(9)5(7(10)11)4-2-1-3-12-4/h1-3H. The lowest BCUT2D eigenvalue weighted by Crippen LogP contribution is -1.90. The van der Waals surface area contributed by atoms with Crippen LogP contribution >= 0.6 is 46.1 Å². The maximum Gasteiger partial charge on any atom is 0.256 e. The van der Waals surface area contributed by atoms with E-state index in [1.54, 1.807) is 12.1 Å². The molecule has 0 spiro atoms. The van der Waals surface area contributed by atoms with Crippen LogP contribution in [0.4, 0.5) is 0 Å². The van der Waals surface area contributed by atoms with Crippen LogP contribution in [0.1, 0.15) is 4.88 Å². The van der Waals surface area contributed by atoms with Crippen LogP contribution in [0.3, 0.4) is 0 Å².